The van der Waals surface area contributed by atoms with Crippen LogP contribution in [0.2, 0.25) is 0 Å². The van der Waals surface area contributed by atoms with E-state index >= 15 is 0 Å². The molecule has 2 rings (SSSR count). The van der Waals surface area contributed by atoms with E-state index in [1.54, 1.807) is 12.1 Å². The van der Waals surface area contributed by atoms with Gasteiger partial charge in [-0.1, -0.05) is 62.2 Å². The minimum absolute atomic E-state index is 0.0200. The highest BCUT2D eigenvalue weighted by molar-refractivity contribution is 9.10. The van der Waals surface area contributed by atoms with Gasteiger partial charge in [0.1, 0.15) is 6.61 Å². The Balaban J connectivity index is 1.90. The minimum Gasteiger partial charge on any atom is -0.369 e. The molecule has 0 saturated carbocycles. The van der Waals surface area contributed by atoms with Crippen molar-refractivity contribution in [3.8, 4) is 0 Å². The fourth-order valence-electron chi connectivity index (χ4n) is 1.61. The Kier molecular flexibility index (Phi) is 5.31. The van der Waals surface area contributed by atoms with Crippen LogP contribution in [0.1, 0.15) is 15.9 Å². The van der Waals surface area contributed by atoms with Crippen molar-refractivity contribution in [2.24, 2.45) is 0 Å². The van der Waals surface area contributed by atoms with Gasteiger partial charge in [-0.3, -0.25) is 4.79 Å². The number of halogens is 2. The van der Waals surface area contributed by atoms with Gasteiger partial charge in [-0.15, -0.1) is 0 Å². The molecule has 0 atom stereocenters. The first-order valence-corrected chi connectivity index (χ1v) is 7.35. The summed E-state index contributed by atoms with van der Waals surface area (Å²) < 4.78 is 7.35. The molecule has 0 aliphatic carbocycles. The number of carbonyl (C=O) groups is 1. The Morgan fingerprint density at radius 1 is 1.05 bits per heavy atom. The normalized spacial score (nSPS) is 10.4. The van der Waals surface area contributed by atoms with Crippen LogP contribution in [0.4, 0.5) is 0 Å². The third-order valence-corrected chi connectivity index (χ3v) is 3.86. The molecule has 0 aliphatic rings. The quantitative estimate of drug-likeness (QED) is 0.704. The van der Waals surface area contributed by atoms with Crippen molar-refractivity contribution in [1.29, 1.82) is 0 Å². The molecular formula is C15H12Br2O2. The third-order valence-electron chi connectivity index (χ3n) is 2.60. The zero-order chi connectivity index (χ0) is 13.7. The van der Waals surface area contributed by atoms with E-state index in [0.717, 1.165) is 14.5 Å². The standard InChI is InChI=1S/C15H12Br2O2/c16-13-6-3-5-11(8-13)15(18)10-19-9-12-4-1-2-7-14(12)17/h1-8H,9-10H2. The SMILES string of the molecule is O=C(COCc1ccccc1Br)c1cccc(Br)c1. The lowest BCUT2D eigenvalue weighted by Crippen LogP contribution is -2.09. The number of hydrogen-bond donors (Lipinski definition) is 0. The molecule has 98 valence electrons. The Labute approximate surface area is 129 Å². The van der Waals surface area contributed by atoms with Crippen molar-refractivity contribution in [3.05, 3.63) is 68.6 Å². The molecular weight excluding hydrogens is 372 g/mol. The Bertz CT molecular complexity index is 582. The van der Waals surface area contributed by atoms with Gasteiger partial charge in [0.25, 0.3) is 0 Å². The van der Waals surface area contributed by atoms with Gasteiger partial charge >= 0.3 is 0 Å². The molecule has 0 bridgehead atoms. The molecule has 0 heterocycles. The first-order chi connectivity index (χ1) is 9.16. The van der Waals surface area contributed by atoms with Crippen LogP contribution in [0.25, 0.3) is 0 Å². The lowest BCUT2D eigenvalue weighted by Gasteiger charge is -2.06. The maximum absolute atomic E-state index is 11.9. The fourth-order valence-corrected chi connectivity index (χ4v) is 2.41. The predicted molar refractivity (Wildman–Crippen MR) is 82.3 cm³/mol. The van der Waals surface area contributed by atoms with Gasteiger partial charge in [0, 0.05) is 14.5 Å². The van der Waals surface area contributed by atoms with Gasteiger partial charge in [-0.2, -0.15) is 0 Å². The van der Waals surface area contributed by atoms with E-state index in [4.69, 9.17) is 4.74 Å². The lowest BCUT2D eigenvalue weighted by molar-refractivity contribution is 0.0725. The highest BCUT2D eigenvalue weighted by Crippen LogP contribution is 2.17. The number of benzene rings is 2. The fraction of sp³-hybridized carbons (Fsp3) is 0.133. The van der Waals surface area contributed by atoms with Crippen LogP contribution >= 0.6 is 31.9 Å². The van der Waals surface area contributed by atoms with Gasteiger partial charge in [0.2, 0.25) is 0 Å². The number of ether oxygens (including phenoxy) is 1. The molecule has 2 aromatic rings. The van der Waals surface area contributed by atoms with Crippen molar-refractivity contribution < 1.29 is 9.53 Å². The molecule has 0 radical (unpaired) electrons. The number of ketones is 1. The zero-order valence-electron chi connectivity index (χ0n) is 10.1. The second-order valence-corrected chi connectivity index (χ2v) is 5.79. The van der Waals surface area contributed by atoms with Crippen LogP contribution in [0.15, 0.2) is 57.5 Å². The van der Waals surface area contributed by atoms with Crippen molar-refractivity contribution in [3.63, 3.8) is 0 Å². The topological polar surface area (TPSA) is 26.3 Å². The third kappa shape index (κ3) is 4.27. The number of Topliss-reactive ketones (excluding diaryl/α,β-unsaturated/α-hetero) is 1. The smallest absolute Gasteiger partial charge is 0.188 e. The highest BCUT2D eigenvalue weighted by Gasteiger charge is 2.07. The van der Waals surface area contributed by atoms with E-state index in [0.29, 0.717) is 12.2 Å². The lowest BCUT2D eigenvalue weighted by atomic mass is 10.1. The van der Waals surface area contributed by atoms with E-state index in [9.17, 15) is 4.79 Å². The number of carbonyl (C=O) groups excluding carboxylic acids is 1. The Hall–Kier alpha value is -0.970. The van der Waals surface area contributed by atoms with Gasteiger partial charge in [0.05, 0.1) is 6.61 Å². The van der Waals surface area contributed by atoms with Crippen molar-refractivity contribution in [2.75, 3.05) is 6.61 Å². The van der Waals surface area contributed by atoms with Gasteiger partial charge in [-0.05, 0) is 23.8 Å². The van der Waals surface area contributed by atoms with E-state index in [1.807, 2.05) is 36.4 Å². The molecule has 0 fully saturated rings. The molecule has 2 aromatic carbocycles. The van der Waals surface area contributed by atoms with Crippen molar-refractivity contribution in [2.45, 2.75) is 6.61 Å². The average Bonchev–Trinajstić information content (AvgIpc) is 2.41. The van der Waals surface area contributed by atoms with Crippen molar-refractivity contribution in [1.82, 2.24) is 0 Å². The predicted octanol–water partition coefficient (Wildman–Crippen LogP) is 4.61. The Morgan fingerprint density at radius 2 is 1.84 bits per heavy atom. The largest absolute Gasteiger partial charge is 0.369 e. The van der Waals surface area contributed by atoms with Crippen LogP contribution in [0.5, 0.6) is 0 Å². The van der Waals surface area contributed by atoms with Gasteiger partial charge in [0.15, 0.2) is 5.78 Å². The molecule has 0 amide bonds. The molecule has 0 aliphatic heterocycles. The van der Waals surface area contributed by atoms with E-state index in [2.05, 4.69) is 31.9 Å². The second-order valence-electron chi connectivity index (χ2n) is 4.02. The van der Waals surface area contributed by atoms with Gasteiger partial charge in [-0.25, -0.2) is 0 Å². The number of hydrogen-bond acceptors (Lipinski definition) is 2. The summed E-state index contributed by atoms with van der Waals surface area (Å²) in [6.45, 7) is 0.499. The molecule has 19 heavy (non-hydrogen) atoms. The van der Waals surface area contributed by atoms with Crippen LogP contribution in [-0.2, 0) is 11.3 Å². The van der Waals surface area contributed by atoms with Crippen molar-refractivity contribution >= 4 is 37.6 Å². The molecule has 0 N–H and O–H groups in total. The van der Waals surface area contributed by atoms with E-state index < -0.39 is 0 Å². The van der Waals surface area contributed by atoms with E-state index in [-0.39, 0.29) is 12.4 Å². The van der Waals surface area contributed by atoms with Crippen LogP contribution < -0.4 is 0 Å². The number of rotatable bonds is 5. The zero-order valence-corrected chi connectivity index (χ0v) is 13.3. The molecule has 0 aromatic heterocycles. The molecule has 4 heteroatoms. The highest BCUT2D eigenvalue weighted by atomic mass is 79.9. The summed E-state index contributed by atoms with van der Waals surface area (Å²) in [6, 6.07) is 15.1. The molecule has 0 spiro atoms. The molecule has 0 unspecified atom stereocenters. The van der Waals surface area contributed by atoms with Crippen LogP contribution in [0.3, 0.4) is 0 Å². The summed E-state index contributed by atoms with van der Waals surface area (Å²) >= 11 is 6.79. The Morgan fingerprint density at radius 3 is 2.58 bits per heavy atom. The van der Waals surface area contributed by atoms with Gasteiger partial charge < -0.3 is 4.74 Å². The summed E-state index contributed by atoms with van der Waals surface area (Å²) in [5.74, 6) is -0.0200. The molecule has 0 saturated heterocycles. The molecule has 2 nitrogen and oxygen atoms in total. The second kappa shape index (κ2) is 6.98. The first kappa shape index (κ1) is 14.4. The first-order valence-electron chi connectivity index (χ1n) is 5.77. The summed E-state index contributed by atoms with van der Waals surface area (Å²) in [7, 11) is 0. The summed E-state index contributed by atoms with van der Waals surface area (Å²) in [4.78, 5) is 11.9. The van der Waals surface area contributed by atoms with Crippen LogP contribution in [0, 0.1) is 0 Å². The summed E-state index contributed by atoms with van der Waals surface area (Å²) in [5, 5.41) is 0. The maximum atomic E-state index is 11.9. The average molecular weight is 384 g/mol. The van der Waals surface area contributed by atoms with E-state index in [1.165, 1.54) is 0 Å². The monoisotopic (exact) mass is 382 g/mol. The minimum atomic E-state index is -0.0200. The maximum Gasteiger partial charge on any atom is 0.188 e. The van der Waals surface area contributed by atoms with Crippen LogP contribution in [-0.4, -0.2) is 12.4 Å². The summed E-state index contributed by atoms with van der Waals surface area (Å²) in [5.41, 5.74) is 1.69. The summed E-state index contributed by atoms with van der Waals surface area (Å²) in [6.07, 6.45) is 0.